The molecule has 0 spiro atoms. The number of nitrogens with zero attached hydrogens (tertiary/aromatic N) is 1. The molecule has 0 aliphatic rings. The molecule has 0 bridgehead atoms. The molecular weight excluding hydrogens is 392 g/mol. The van der Waals surface area contributed by atoms with E-state index < -0.39 is 11.2 Å². The lowest BCUT2D eigenvalue weighted by Crippen LogP contribution is -2.33. The van der Waals surface area contributed by atoms with Crippen molar-refractivity contribution in [2.24, 2.45) is 5.41 Å². The molecule has 0 amide bonds. The second-order valence-electron chi connectivity index (χ2n) is 7.74. The maximum Gasteiger partial charge on any atom is 0.269 e. The van der Waals surface area contributed by atoms with E-state index >= 15 is 0 Å². The molecule has 0 aliphatic carbocycles. The van der Waals surface area contributed by atoms with Crippen LogP contribution in [-0.4, -0.2) is 10.4 Å². The van der Waals surface area contributed by atoms with Crippen molar-refractivity contribution in [1.29, 1.82) is 0 Å². The SMILES string of the molecule is CC(C)(C)C(=O)/C=c1\s/c(=C\c2ccc(F)cc2)c(=O)n1Cc1ccccc1F. The fourth-order valence-corrected chi connectivity index (χ4v) is 3.67. The van der Waals surface area contributed by atoms with Crippen LogP contribution < -0.4 is 14.8 Å². The topological polar surface area (TPSA) is 39.1 Å². The molecule has 0 fully saturated rings. The summed E-state index contributed by atoms with van der Waals surface area (Å²) in [5, 5.41) is 0. The van der Waals surface area contributed by atoms with Gasteiger partial charge in [-0.1, -0.05) is 51.1 Å². The van der Waals surface area contributed by atoms with Crippen molar-refractivity contribution in [3.05, 3.63) is 90.8 Å². The third kappa shape index (κ3) is 4.95. The van der Waals surface area contributed by atoms with E-state index in [1.54, 1.807) is 57.2 Å². The van der Waals surface area contributed by atoms with Crippen molar-refractivity contribution in [2.45, 2.75) is 27.3 Å². The van der Waals surface area contributed by atoms with Gasteiger partial charge in [-0.3, -0.25) is 14.2 Å². The minimum atomic E-state index is -0.607. The van der Waals surface area contributed by atoms with Gasteiger partial charge < -0.3 is 0 Å². The number of carbonyl (C=O) groups is 1. The number of benzene rings is 2. The van der Waals surface area contributed by atoms with Gasteiger partial charge in [0, 0.05) is 17.1 Å². The molecule has 3 aromatic rings. The van der Waals surface area contributed by atoms with Crippen molar-refractivity contribution in [3.63, 3.8) is 0 Å². The molecule has 1 aromatic heterocycles. The van der Waals surface area contributed by atoms with Gasteiger partial charge in [0.15, 0.2) is 5.78 Å². The Morgan fingerprint density at radius 1 is 1.07 bits per heavy atom. The van der Waals surface area contributed by atoms with Crippen LogP contribution in [0.25, 0.3) is 12.2 Å². The molecule has 0 aliphatic heterocycles. The maximum absolute atomic E-state index is 14.1. The predicted octanol–water partition coefficient (Wildman–Crippen LogP) is 3.46. The first-order valence-corrected chi connectivity index (χ1v) is 9.93. The molecule has 1 heterocycles. The first-order valence-electron chi connectivity index (χ1n) is 9.11. The van der Waals surface area contributed by atoms with E-state index in [-0.39, 0.29) is 23.7 Å². The first kappa shape index (κ1) is 20.9. The van der Waals surface area contributed by atoms with Crippen LogP contribution in [-0.2, 0) is 11.3 Å². The molecule has 3 nitrogen and oxygen atoms in total. The summed E-state index contributed by atoms with van der Waals surface area (Å²) in [7, 11) is 0. The van der Waals surface area contributed by atoms with Crippen LogP contribution in [0.2, 0.25) is 0 Å². The number of hydrogen-bond acceptors (Lipinski definition) is 3. The zero-order valence-electron chi connectivity index (χ0n) is 16.4. The van der Waals surface area contributed by atoms with E-state index in [0.29, 0.717) is 20.3 Å². The largest absolute Gasteiger partial charge is 0.294 e. The molecule has 0 unspecified atom stereocenters. The Hall–Kier alpha value is -2.86. The van der Waals surface area contributed by atoms with Gasteiger partial charge in [-0.15, -0.1) is 11.3 Å². The minimum absolute atomic E-state index is 0.0164. The lowest BCUT2D eigenvalue weighted by Gasteiger charge is -2.13. The summed E-state index contributed by atoms with van der Waals surface area (Å²) < 4.78 is 29.5. The van der Waals surface area contributed by atoms with E-state index in [1.165, 1.54) is 28.8 Å². The van der Waals surface area contributed by atoms with E-state index in [1.807, 2.05) is 0 Å². The van der Waals surface area contributed by atoms with Crippen molar-refractivity contribution in [3.8, 4) is 0 Å². The molecule has 0 radical (unpaired) electrons. The number of rotatable bonds is 4. The summed E-state index contributed by atoms with van der Waals surface area (Å²) in [6.45, 7) is 5.40. The molecule has 0 N–H and O–H groups in total. The third-order valence-electron chi connectivity index (χ3n) is 4.38. The molecule has 0 saturated carbocycles. The Morgan fingerprint density at radius 3 is 2.34 bits per heavy atom. The van der Waals surface area contributed by atoms with Crippen LogP contribution in [0.5, 0.6) is 0 Å². The van der Waals surface area contributed by atoms with Crippen molar-refractivity contribution < 1.29 is 13.6 Å². The number of thiazole rings is 1. The van der Waals surface area contributed by atoms with Crippen LogP contribution in [0.3, 0.4) is 0 Å². The standard InChI is InChI=1S/C23H21F2NO2S/c1-23(2,3)20(27)13-21-26(14-16-6-4-5-7-18(16)25)22(28)19(29-21)12-15-8-10-17(24)11-9-15/h4-13H,14H2,1-3H3/b19-12-,21-13-. The smallest absolute Gasteiger partial charge is 0.269 e. The lowest BCUT2D eigenvalue weighted by molar-refractivity contribution is -0.120. The van der Waals surface area contributed by atoms with Gasteiger partial charge in [0.1, 0.15) is 16.3 Å². The second-order valence-corrected chi connectivity index (χ2v) is 8.80. The molecule has 0 saturated heterocycles. The van der Waals surface area contributed by atoms with Gasteiger partial charge in [-0.05, 0) is 29.8 Å². The Labute approximate surface area is 171 Å². The van der Waals surface area contributed by atoms with E-state index in [9.17, 15) is 18.4 Å². The lowest BCUT2D eigenvalue weighted by atomic mass is 9.91. The summed E-state index contributed by atoms with van der Waals surface area (Å²) in [4.78, 5) is 25.6. The zero-order chi connectivity index (χ0) is 21.2. The summed E-state index contributed by atoms with van der Waals surface area (Å²) in [6, 6.07) is 12.0. The highest BCUT2D eigenvalue weighted by Gasteiger charge is 2.19. The Balaban J connectivity index is 2.19. The van der Waals surface area contributed by atoms with Crippen molar-refractivity contribution in [2.75, 3.05) is 0 Å². The molecule has 3 rings (SSSR count). The predicted molar refractivity (Wildman–Crippen MR) is 112 cm³/mol. The number of halogens is 2. The minimum Gasteiger partial charge on any atom is -0.294 e. The zero-order valence-corrected chi connectivity index (χ0v) is 17.2. The van der Waals surface area contributed by atoms with Crippen LogP contribution in [0.15, 0.2) is 53.3 Å². The summed E-state index contributed by atoms with van der Waals surface area (Å²) >= 11 is 1.16. The average Bonchev–Trinajstić information content (AvgIpc) is 2.93. The van der Waals surface area contributed by atoms with Crippen LogP contribution in [0.4, 0.5) is 8.78 Å². The number of ketones is 1. The molecule has 0 atom stereocenters. The van der Waals surface area contributed by atoms with Gasteiger partial charge in [0.05, 0.1) is 11.1 Å². The van der Waals surface area contributed by atoms with Gasteiger partial charge in [-0.2, -0.15) is 0 Å². The Morgan fingerprint density at radius 2 is 1.72 bits per heavy atom. The molecule has 2 aromatic carbocycles. The van der Waals surface area contributed by atoms with Gasteiger partial charge in [-0.25, -0.2) is 8.78 Å². The van der Waals surface area contributed by atoms with Crippen LogP contribution in [0, 0.1) is 17.0 Å². The fraction of sp³-hybridized carbons (Fsp3) is 0.217. The first-order chi connectivity index (χ1) is 13.6. The monoisotopic (exact) mass is 413 g/mol. The summed E-state index contributed by atoms with van der Waals surface area (Å²) in [5.41, 5.74) is 0.0922. The van der Waals surface area contributed by atoms with Gasteiger partial charge in [0.25, 0.3) is 5.56 Å². The molecule has 150 valence electrons. The van der Waals surface area contributed by atoms with Crippen molar-refractivity contribution >= 4 is 29.3 Å². The Kier molecular flexibility index (Phi) is 5.94. The number of aromatic nitrogens is 1. The average molecular weight is 413 g/mol. The highest BCUT2D eigenvalue weighted by Crippen LogP contribution is 2.15. The van der Waals surface area contributed by atoms with E-state index in [0.717, 1.165) is 11.3 Å². The highest BCUT2D eigenvalue weighted by atomic mass is 32.1. The second kappa shape index (κ2) is 8.25. The summed E-state index contributed by atoms with van der Waals surface area (Å²) in [5.74, 6) is -0.910. The highest BCUT2D eigenvalue weighted by molar-refractivity contribution is 7.07. The number of hydrogen-bond donors (Lipinski definition) is 0. The third-order valence-corrected chi connectivity index (χ3v) is 5.44. The molecule has 6 heteroatoms. The van der Waals surface area contributed by atoms with E-state index in [2.05, 4.69) is 0 Å². The number of Topliss-reactive ketones (excluding diaryl/α,β-unsaturated/α-hetero) is 1. The van der Waals surface area contributed by atoms with Crippen molar-refractivity contribution in [1.82, 2.24) is 4.57 Å². The normalized spacial score (nSPS) is 13.1. The maximum atomic E-state index is 14.1. The van der Waals surface area contributed by atoms with E-state index in [4.69, 9.17) is 0 Å². The fourth-order valence-electron chi connectivity index (χ4n) is 2.63. The quantitative estimate of drug-likeness (QED) is 0.657. The number of carbonyl (C=O) groups excluding carboxylic acids is 1. The molecular formula is C23H21F2NO2S. The van der Waals surface area contributed by atoms with Crippen LogP contribution >= 0.6 is 11.3 Å². The van der Waals surface area contributed by atoms with Gasteiger partial charge in [0.2, 0.25) is 0 Å². The summed E-state index contributed by atoms with van der Waals surface area (Å²) in [6.07, 6.45) is 3.08. The Bertz CT molecular complexity index is 1220. The van der Waals surface area contributed by atoms with Gasteiger partial charge >= 0.3 is 0 Å². The molecule has 29 heavy (non-hydrogen) atoms. The van der Waals surface area contributed by atoms with Crippen LogP contribution in [0.1, 0.15) is 31.9 Å².